The summed E-state index contributed by atoms with van der Waals surface area (Å²) < 4.78 is 27.5. The molecule has 0 unspecified atom stereocenters. The maximum Gasteiger partial charge on any atom is 0.242 e. The lowest BCUT2D eigenvalue weighted by atomic mass is 9.98. The van der Waals surface area contributed by atoms with Crippen molar-refractivity contribution in [3.63, 3.8) is 0 Å². The molecule has 2 rings (SSSR count). The van der Waals surface area contributed by atoms with Crippen molar-refractivity contribution in [2.24, 2.45) is 11.7 Å². The number of nitrogens with zero attached hydrogens (tertiary/aromatic N) is 1. The molecule has 0 fully saturated rings. The van der Waals surface area contributed by atoms with Gasteiger partial charge in [0, 0.05) is 18.7 Å². The maximum atomic E-state index is 13.8. The van der Waals surface area contributed by atoms with Gasteiger partial charge in [-0.2, -0.15) is 0 Å². The van der Waals surface area contributed by atoms with Gasteiger partial charge in [0.1, 0.15) is 11.6 Å². The van der Waals surface area contributed by atoms with Crippen molar-refractivity contribution in [3.05, 3.63) is 34.9 Å². The van der Waals surface area contributed by atoms with Crippen molar-refractivity contribution in [1.82, 2.24) is 10.2 Å². The van der Waals surface area contributed by atoms with E-state index in [1.165, 1.54) is 4.90 Å². The van der Waals surface area contributed by atoms with Gasteiger partial charge in [-0.3, -0.25) is 9.59 Å². The molecular formula is C16H22ClF2N3O2. The fraction of sp³-hybridized carbons (Fsp3) is 0.500. The Morgan fingerprint density at radius 3 is 2.42 bits per heavy atom. The third-order valence-corrected chi connectivity index (χ3v) is 4.09. The number of fused-ring (bicyclic) bond motifs is 1. The Morgan fingerprint density at radius 1 is 1.25 bits per heavy atom. The number of amides is 2. The van der Waals surface area contributed by atoms with Crippen LogP contribution in [0, 0.1) is 17.6 Å². The maximum absolute atomic E-state index is 13.8. The number of rotatable bonds is 4. The number of carbonyl (C=O) groups is 2. The third-order valence-electron chi connectivity index (χ3n) is 4.09. The van der Waals surface area contributed by atoms with Crippen molar-refractivity contribution in [2.45, 2.75) is 32.9 Å². The van der Waals surface area contributed by atoms with E-state index in [1.807, 2.05) is 13.8 Å². The number of halogens is 3. The van der Waals surface area contributed by atoms with E-state index in [2.05, 4.69) is 5.32 Å². The van der Waals surface area contributed by atoms with Crippen molar-refractivity contribution < 1.29 is 18.4 Å². The Hall–Kier alpha value is -1.73. The first-order valence-corrected chi connectivity index (χ1v) is 7.58. The van der Waals surface area contributed by atoms with E-state index in [0.717, 1.165) is 12.1 Å². The lowest BCUT2D eigenvalue weighted by Gasteiger charge is -2.29. The highest BCUT2D eigenvalue weighted by atomic mass is 35.5. The quantitative estimate of drug-likeness (QED) is 0.850. The van der Waals surface area contributed by atoms with Crippen molar-refractivity contribution in [2.75, 3.05) is 13.1 Å². The fourth-order valence-electron chi connectivity index (χ4n) is 2.50. The highest BCUT2D eigenvalue weighted by Gasteiger charge is 2.26. The summed E-state index contributed by atoms with van der Waals surface area (Å²) in [6.45, 7) is 3.71. The van der Waals surface area contributed by atoms with Crippen LogP contribution in [0.25, 0.3) is 0 Å². The number of hydrogen-bond acceptors (Lipinski definition) is 3. The minimum absolute atomic E-state index is 0. The number of hydrogen-bond donors (Lipinski definition) is 2. The zero-order chi connectivity index (χ0) is 17.1. The van der Waals surface area contributed by atoms with E-state index in [0.29, 0.717) is 5.56 Å². The normalized spacial score (nSPS) is 14.7. The second-order valence-corrected chi connectivity index (χ2v) is 6.04. The van der Waals surface area contributed by atoms with Gasteiger partial charge in [-0.1, -0.05) is 13.8 Å². The molecule has 5 nitrogen and oxygen atoms in total. The molecule has 3 N–H and O–H groups in total. The Labute approximate surface area is 146 Å². The Balaban J connectivity index is 0.00000288. The first kappa shape index (κ1) is 20.3. The Kier molecular flexibility index (Phi) is 7.10. The summed E-state index contributed by atoms with van der Waals surface area (Å²) in [5.74, 6) is -1.76. The highest BCUT2D eigenvalue weighted by Crippen LogP contribution is 2.24. The SMILES string of the molecule is CC(C)[C@H](N)C(=O)NCC(=O)N1CCc2c(F)ccc(F)c2C1.Cl. The van der Waals surface area contributed by atoms with Gasteiger partial charge in [0.2, 0.25) is 11.8 Å². The second-order valence-electron chi connectivity index (χ2n) is 6.04. The molecule has 8 heteroatoms. The Morgan fingerprint density at radius 2 is 1.83 bits per heavy atom. The van der Waals surface area contributed by atoms with Crippen molar-refractivity contribution in [3.8, 4) is 0 Å². The molecule has 0 aliphatic carbocycles. The van der Waals surface area contributed by atoms with Crippen LogP contribution >= 0.6 is 12.4 Å². The topological polar surface area (TPSA) is 75.4 Å². The monoisotopic (exact) mass is 361 g/mol. The van der Waals surface area contributed by atoms with E-state index in [-0.39, 0.29) is 55.9 Å². The van der Waals surface area contributed by atoms with Crippen LogP contribution in [0.4, 0.5) is 8.78 Å². The molecule has 0 aromatic heterocycles. The molecule has 1 aliphatic heterocycles. The van der Waals surface area contributed by atoms with Gasteiger partial charge in [-0.05, 0) is 30.0 Å². The van der Waals surface area contributed by atoms with Crippen LogP contribution in [0.3, 0.4) is 0 Å². The second kappa shape index (κ2) is 8.39. The summed E-state index contributed by atoms with van der Waals surface area (Å²) in [5, 5.41) is 2.49. The molecule has 2 amide bonds. The molecule has 1 heterocycles. The van der Waals surface area contributed by atoms with Gasteiger partial charge < -0.3 is 16.0 Å². The van der Waals surface area contributed by atoms with Gasteiger partial charge in [-0.15, -0.1) is 12.4 Å². The molecule has 134 valence electrons. The molecule has 0 saturated carbocycles. The lowest BCUT2D eigenvalue weighted by Crippen LogP contribution is -2.48. The standard InChI is InChI=1S/C16H21F2N3O2.ClH/c1-9(2)15(19)16(23)20-7-14(22)21-6-5-10-11(8-21)13(18)4-3-12(10)17;/h3-4,9,15H,5-8,19H2,1-2H3,(H,20,23);1H/t15-;/m0./s1. The zero-order valence-corrected chi connectivity index (χ0v) is 14.5. The van der Waals surface area contributed by atoms with Crippen LogP contribution < -0.4 is 11.1 Å². The van der Waals surface area contributed by atoms with Crippen LogP contribution in [0.2, 0.25) is 0 Å². The smallest absolute Gasteiger partial charge is 0.242 e. The summed E-state index contributed by atoms with van der Waals surface area (Å²) in [6.07, 6.45) is 0.254. The first-order valence-electron chi connectivity index (χ1n) is 7.58. The number of carbonyl (C=O) groups excluding carboxylic acids is 2. The molecule has 1 aromatic carbocycles. The average Bonchev–Trinajstić information content (AvgIpc) is 2.54. The molecule has 1 aliphatic rings. The molecule has 1 atom stereocenters. The molecular weight excluding hydrogens is 340 g/mol. The third kappa shape index (κ3) is 4.42. The van der Waals surface area contributed by atoms with Crippen LogP contribution in [0.5, 0.6) is 0 Å². The molecule has 24 heavy (non-hydrogen) atoms. The van der Waals surface area contributed by atoms with E-state index in [9.17, 15) is 18.4 Å². The first-order chi connectivity index (χ1) is 10.8. The van der Waals surface area contributed by atoms with Crippen molar-refractivity contribution in [1.29, 1.82) is 0 Å². The predicted molar refractivity (Wildman–Crippen MR) is 88.6 cm³/mol. The van der Waals surface area contributed by atoms with Crippen LogP contribution in [-0.4, -0.2) is 35.8 Å². The van der Waals surface area contributed by atoms with Crippen LogP contribution in [0.15, 0.2) is 12.1 Å². The molecule has 0 saturated heterocycles. The van der Waals surface area contributed by atoms with Crippen LogP contribution in [-0.2, 0) is 22.6 Å². The van der Waals surface area contributed by atoms with Crippen LogP contribution in [0.1, 0.15) is 25.0 Å². The summed E-state index contributed by atoms with van der Waals surface area (Å²) >= 11 is 0. The minimum atomic E-state index is -0.684. The summed E-state index contributed by atoms with van der Waals surface area (Å²) in [5.41, 5.74) is 6.22. The van der Waals surface area contributed by atoms with Gasteiger partial charge in [0.05, 0.1) is 12.6 Å². The summed E-state index contributed by atoms with van der Waals surface area (Å²) in [4.78, 5) is 25.3. The number of nitrogens with two attached hydrogens (primary N) is 1. The Bertz CT molecular complexity index is 626. The largest absolute Gasteiger partial charge is 0.346 e. The van der Waals surface area contributed by atoms with E-state index in [1.54, 1.807) is 0 Å². The summed E-state index contributed by atoms with van der Waals surface area (Å²) in [7, 11) is 0. The van der Waals surface area contributed by atoms with Gasteiger partial charge in [0.15, 0.2) is 0 Å². The van der Waals surface area contributed by atoms with Gasteiger partial charge in [-0.25, -0.2) is 8.78 Å². The molecule has 0 radical (unpaired) electrons. The highest BCUT2D eigenvalue weighted by molar-refractivity contribution is 5.87. The van der Waals surface area contributed by atoms with Gasteiger partial charge >= 0.3 is 0 Å². The summed E-state index contributed by atoms with van der Waals surface area (Å²) in [6, 6.07) is 1.47. The number of nitrogens with one attached hydrogen (secondary N) is 1. The van der Waals surface area contributed by atoms with Crippen molar-refractivity contribution >= 4 is 24.2 Å². The number of benzene rings is 1. The molecule has 0 bridgehead atoms. The molecule has 1 aromatic rings. The zero-order valence-electron chi connectivity index (χ0n) is 13.6. The van der Waals surface area contributed by atoms with E-state index >= 15 is 0 Å². The van der Waals surface area contributed by atoms with E-state index in [4.69, 9.17) is 5.73 Å². The van der Waals surface area contributed by atoms with E-state index < -0.39 is 23.6 Å². The average molecular weight is 362 g/mol. The predicted octanol–water partition coefficient (Wildman–Crippen LogP) is 1.37. The fourth-order valence-corrected chi connectivity index (χ4v) is 2.50. The minimum Gasteiger partial charge on any atom is -0.346 e. The molecule has 0 spiro atoms. The lowest BCUT2D eigenvalue weighted by molar-refractivity contribution is -0.134. The van der Waals surface area contributed by atoms with Gasteiger partial charge in [0.25, 0.3) is 0 Å².